The van der Waals surface area contributed by atoms with Gasteiger partial charge in [0.05, 0.1) is 12.7 Å². The maximum Gasteiger partial charge on any atom is 0.337 e. The van der Waals surface area contributed by atoms with E-state index in [-0.39, 0.29) is 12.5 Å². The van der Waals surface area contributed by atoms with Crippen molar-refractivity contribution in [2.45, 2.75) is 6.92 Å². The van der Waals surface area contributed by atoms with Crippen molar-refractivity contribution in [2.24, 2.45) is 0 Å². The van der Waals surface area contributed by atoms with Crippen molar-refractivity contribution in [3.8, 4) is 0 Å². The molecule has 26 heavy (non-hydrogen) atoms. The lowest BCUT2D eigenvalue weighted by atomic mass is 10.2. The molecule has 0 aromatic heterocycles. The maximum atomic E-state index is 12.3. The molecule has 0 aliphatic carbocycles. The number of halogens is 2. The molecule has 1 N–H and O–H groups in total. The highest BCUT2D eigenvalue weighted by Gasteiger charge is 2.17. The zero-order chi connectivity index (χ0) is 19.3. The van der Waals surface area contributed by atoms with Crippen molar-refractivity contribution < 1.29 is 19.1 Å². The van der Waals surface area contributed by atoms with Crippen LogP contribution in [-0.4, -0.2) is 31.4 Å². The van der Waals surface area contributed by atoms with Gasteiger partial charge in [-0.15, -0.1) is 0 Å². The third kappa shape index (κ3) is 5.21. The molecule has 6 nitrogen and oxygen atoms in total. The van der Waals surface area contributed by atoms with Crippen LogP contribution in [-0.2, 0) is 14.3 Å². The smallest absolute Gasteiger partial charge is 0.337 e. The van der Waals surface area contributed by atoms with Gasteiger partial charge in [-0.05, 0) is 42.5 Å². The number of hydrogen-bond donors (Lipinski definition) is 1. The van der Waals surface area contributed by atoms with Crippen molar-refractivity contribution in [1.29, 1.82) is 0 Å². The predicted octanol–water partition coefficient (Wildman–Crippen LogP) is 3.77. The van der Waals surface area contributed by atoms with Crippen LogP contribution in [0, 0.1) is 0 Å². The minimum atomic E-state index is -0.485. The highest BCUT2D eigenvalue weighted by molar-refractivity contribution is 6.35. The van der Waals surface area contributed by atoms with Gasteiger partial charge in [-0.25, -0.2) is 4.79 Å². The average Bonchev–Trinajstić information content (AvgIpc) is 2.58. The van der Waals surface area contributed by atoms with Gasteiger partial charge in [0.2, 0.25) is 11.8 Å². The van der Waals surface area contributed by atoms with E-state index in [4.69, 9.17) is 23.2 Å². The number of anilines is 2. The van der Waals surface area contributed by atoms with Crippen molar-refractivity contribution in [2.75, 3.05) is 23.9 Å². The van der Waals surface area contributed by atoms with Crippen LogP contribution < -0.4 is 10.2 Å². The molecule has 2 rings (SSSR count). The van der Waals surface area contributed by atoms with E-state index in [0.717, 1.165) is 0 Å². The van der Waals surface area contributed by atoms with Gasteiger partial charge >= 0.3 is 5.97 Å². The number of ether oxygens (including phenoxy) is 1. The SMILES string of the molecule is COC(=O)c1ccc(N(CC(=O)Nc2cc(Cl)cc(Cl)c2)C(C)=O)cc1. The third-order valence-electron chi connectivity index (χ3n) is 3.43. The van der Waals surface area contributed by atoms with Gasteiger partial charge in [0.25, 0.3) is 0 Å². The fourth-order valence-corrected chi connectivity index (χ4v) is 2.78. The number of hydrogen-bond acceptors (Lipinski definition) is 4. The summed E-state index contributed by atoms with van der Waals surface area (Å²) in [7, 11) is 1.28. The van der Waals surface area contributed by atoms with Crippen LogP contribution in [0.15, 0.2) is 42.5 Å². The first kappa shape index (κ1) is 19.8. The maximum absolute atomic E-state index is 12.3. The first-order valence-electron chi connectivity index (χ1n) is 7.52. The zero-order valence-corrected chi connectivity index (χ0v) is 15.6. The Kier molecular flexibility index (Phi) is 6.60. The number of carbonyl (C=O) groups excluding carboxylic acids is 3. The fraction of sp³-hybridized carbons (Fsp3) is 0.167. The van der Waals surface area contributed by atoms with Crippen molar-refractivity contribution in [3.05, 3.63) is 58.1 Å². The highest BCUT2D eigenvalue weighted by Crippen LogP contribution is 2.23. The second-order valence-electron chi connectivity index (χ2n) is 5.35. The van der Waals surface area contributed by atoms with E-state index in [1.807, 2.05) is 0 Å². The Morgan fingerprint density at radius 2 is 1.62 bits per heavy atom. The van der Waals surface area contributed by atoms with Crippen LogP contribution in [0.1, 0.15) is 17.3 Å². The molecule has 0 spiro atoms. The van der Waals surface area contributed by atoms with Gasteiger partial charge in [-0.2, -0.15) is 0 Å². The van der Waals surface area contributed by atoms with Gasteiger partial charge in [0, 0.05) is 28.3 Å². The predicted molar refractivity (Wildman–Crippen MR) is 101 cm³/mol. The number of esters is 1. The Bertz CT molecular complexity index is 817. The van der Waals surface area contributed by atoms with E-state index in [1.165, 1.54) is 31.1 Å². The monoisotopic (exact) mass is 394 g/mol. The summed E-state index contributed by atoms with van der Waals surface area (Å²) in [6, 6.07) is 10.8. The number of rotatable bonds is 5. The number of amides is 2. The van der Waals surface area contributed by atoms with E-state index in [1.54, 1.807) is 30.3 Å². The van der Waals surface area contributed by atoms with Crippen LogP contribution in [0.5, 0.6) is 0 Å². The number of nitrogens with zero attached hydrogens (tertiary/aromatic N) is 1. The molecule has 2 aromatic carbocycles. The molecule has 0 radical (unpaired) electrons. The van der Waals surface area contributed by atoms with Gasteiger partial charge < -0.3 is 15.0 Å². The quantitative estimate of drug-likeness (QED) is 0.782. The molecule has 0 aliphatic rings. The summed E-state index contributed by atoms with van der Waals surface area (Å²) in [6.45, 7) is 1.13. The number of nitrogens with one attached hydrogen (secondary N) is 1. The summed E-state index contributed by atoms with van der Waals surface area (Å²) in [4.78, 5) is 37.0. The Morgan fingerprint density at radius 3 is 2.12 bits per heavy atom. The first-order valence-corrected chi connectivity index (χ1v) is 8.28. The molecule has 0 aliphatic heterocycles. The molecule has 136 valence electrons. The molecule has 0 atom stereocenters. The Hall–Kier alpha value is -2.57. The summed E-state index contributed by atoms with van der Waals surface area (Å²) in [5.41, 5.74) is 1.25. The van der Waals surface area contributed by atoms with Gasteiger partial charge in [0.1, 0.15) is 6.54 Å². The van der Waals surface area contributed by atoms with E-state index in [2.05, 4.69) is 10.1 Å². The first-order chi connectivity index (χ1) is 12.3. The Labute approximate surface area is 160 Å². The van der Waals surface area contributed by atoms with E-state index in [9.17, 15) is 14.4 Å². The third-order valence-corrected chi connectivity index (χ3v) is 3.86. The molecule has 0 saturated carbocycles. The van der Waals surface area contributed by atoms with Crippen LogP contribution >= 0.6 is 23.2 Å². The summed E-state index contributed by atoms with van der Waals surface area (Å²) >= 11 is 11.8. The molecular weight excluding hydrogens is 379 g/mol. The number of carbonyl (C=O) groups is 3. The topological polar surface area (TPSA) is 75.7 Å². The second-order valence-corrected chi connectivity index (χ2v) is 6.22. The molecule has 0 bridgehead atoms. The lowest BCUT2D eigenvalue weighted by molar-refractivity contribution is -0.120. The average molecular weight is 395 g/mol. The molecule has 2 aromatic rings. The minimum absolute atomic E-state index is 0.211. The normalized spacial score (nSPS) is 10.2. The minimum Gasteiger partial charge on any atom is -0.465 e. The molecule has 0 fully saturated rings. The zero-order valence-electron chi connectivity index (χ0n) is 14.1. The van der Waals surface area contributed by atoms with E-state index >= 15 is 0 Å². The van der Waals surface area contributed by atoms with Crippen molar-refractivity contribution >= 4 is 52.4 Å². The number of methoxy groups -OCH3 is 1. The molecule has 0 heterocycles. The fourth-order valence-electron chi connectivity index (χ4n) is 2.25. The van der Waals surface area contributed by atoms with Gasteiger partial charge in [-0.3, -0.25) is 9.59 Å². The molecule has 0 saturated heterocycles. The summed E-state index contributed by atoms with van der Waals surface area (Å²) in [5.74, 6) is -1.23. The molecular formula is C18H16Cl2N2O4. The molecule has 8 heteroatoms. The van der Waals surface area contributed by atoms with Crippen LogP contribution in [0.3, 0.4) is 0 Å². The molecule has 2 amide bonds. The summed E-state index contributed by atoms with van der Waals surface area (Å²) in [5, 5.41) is 3.41. The van der Waals surface area contributed by atoms with Crippen molar-refractivity contribution in [1.82, 2.24) is 0 Å². The van der Waals surface area contributed by atoms with Gasteiger partial charge in [0.15, 0.2) is 0 Å². The van der Waals surface area contributed by atoms with E-state index < -0.39 is 11.9 Å². The summed E-state index contributed by atoms with van der Waals surface area (Å²) < 4.78 is 4.63. The standard InChI is InChI=1S/C18H16Cl2N2O4/c1-11(23)22(16-5-3-12(4-6-16)18(25)26-2)10-17(24)21-15-8-13(19)7-14(20)9-15/h3-9H,10H2,1-2H3,(H,21,24). The molecule has 0 unspecified atom stereocenters. The Morgan fingerprint density at radius 1 is 1.04 bits per heavy atom. The van der Waals surface area contributed by atoms with E-state index in [0.29, 0.717) is 27.0 Å². The highest BCUT2D eigenvalue weighted by atomic mass is 35.5. The lowest BCUT2D eigenvalue weighted by Gasteiger charge is -2.21. The largest absolute Gasteiger partial charge is 0.465 e. The van der Waals surface area contributed by atoms with Crippen molar-refractivity contribution in [3.63, 3.8) is 0 Å². The summed E-state index contributed by atoms with van der Waals surface area (Å²) in [6.07, 6.45) is 0. The second kappa shape index (κ2) is 8.69. The number of benzene rings is 2. The Balaban J connectivity index is 2.13. The lowest BCUT2D eigenvalue weighted by Crippen LogP contribution is -2.36. The van der Waals surface area contributed by atoms with Crippen LogP contribution in [0.25, 0.3) is 0 Å². The van der Waals surface area contributed by atoms with Crippen LogP contribution in [0.4, 0.5) is 11.4 Å². The van der Waals surface area contributed by atoms with Crippen LogP contribution in [0.2, 0.25) is 10.0 Å². The van der Waals surface area contributed by atoms with Gasteiger partial charge in [-0.1, -0.05) is 23.2 Å².